The molecule has 2 heteroatoms. The SMILES string of the molecule is PCC(c1ccccc1)c1ccccn1. The molecule has 2 atom stereocenters. The highest BCUT2D eigenvalue weighted by Gasteiger charge is 2.11. The van der Waals surface area contributed by atoms with Crippen LogP contribution in [0.2, 0.25) is 0 Å². The van der Waals surface area contributed by atoms with Crippen molar-refractivity contribution in [2.24, 2.45) is 0 Å². The third-order valence-corrected chi connectivity index (χ3v) is 2.95. The number of aromatic nitrogens is 1. The lowest BCUT2D eigenvalue weighted by molar-refractivity contribution is 0.884. The van der Waals surface area contributed by atoms with Crippen molar-refractivity contribution in [3.63, 3.8) is 0 Å². The summed E-state index contributed by atoms with van der Waals surface area (Å²) in [6.45, 7) is 0. The minimum absolute atomic E-state index is 0.386. The molecule has 2 aromatic rings. The van der Waals surface area contributed by atoms with Crippen LogP contribution in [0.1, 0.15) is 17.2 Å². The van der Waals surface area contributed by atoms with Gasteiger partial charge in [0.25, 0.3) is 0 Å². The fourth-order valence-electron chi connectivity index (χ4n) is 1.70. The second kappa shape index (κ2) is 5.04. The first-order chi connectivity index (χ1) is 7.42. The number of rotatable bonds is 3. The molecule has 0 fully saturated rings. The largest absolute Gasteiger partial charge is 0.261 e. The van der Waals surface area contributed by atoms with Gasteiger partial charge in [0, 0.05) is 17.8 Å². The number of pyridine rings is 1. The third kappa shape index (κ3) is 2.43. The molecule has 0 bridgehead atoms. The number of benzene rings is 1. The van der Waals surface area contributed by atoms with E-state index in [9.17, 15) is 0 Å². The molecule has 0 aliphatic rings. The van der Waals surface area contributed by atoms with Crippen LogP contribution in [-0.2, 0) is 0 Å². The monoisotopic (exact) mass is 215 g/mol. The normalized spacial score (nSPS) is 12.3. The zero-order chi connectivity index (χ0) is 10.5. The molecule has 0 N–H and O–H groups in total. The molecular formula is C13H14NP. The van der Waals surface area contributed by atoms with Gasteiger partial charge in [-0.15, -0.1) is 9.24 Å². The Hall–Kier alpha value is -1.20. The van der Waals surface area contributed by atoms with Gasteiger partial charge in [0.15, 0.2) is 0 Å². The zero-order valence-corrected chi connectivity index (χ0v) is 9.66. The van der Waals surface area contributed by atoms with Crippen LogP contribution in [0.25, 0.3) is 0 Å². The molecule has 1 heterocycles. The highest BCUT2D eigenvalue weighted by molar-refractivity contribution is 7.16. The molecule has 0 radical (unpaired) electrons. The summed E-state index contributed by atoms with van der Waals surface area (Å²) in [5.74, 6) is 0.386. The molecule has 1 aromatic heterocycles. The van der Waals surface area contributed by atoms with E-state index in [1.807, 2.05) is 24.4 Å². The molecule has 1 nitrogen and oxygen atoms in total. The van der Waals surface area contributed by atoms with E-state index in [1.165, 1.54) is 5.56 Å². The molecule has 76 valence electrons. The molecule has 15 heavy (non-hydrogen) atoms. The Bertz CT molecular complexity index is 360. The first-order valence-electron chi connectivity index (χ1n) is 5.08. The van der Waals surface area contributed by atoms with Crippen LogP contribution in [0.15, 0.2) is 54.7 Å². The summed E-state index contributed by atoms with van der Waals surface area (Å²) in [4.78, 5) is 4.41. The van der Waals surface area contributed by atoms with Crippen molar-refractivity contribution in [3.8, 4) is 0 Å². The van der Waals surface area contributed by atoms with E-state index >= 15 is 0 Å². The van der Waals surface area contributed by atoms with E-state index < -0.39 is 0 Å². The van der Waals surface area contributed by atoms with Crippen molar-refractivity contribution < 1.29 is 0 Å². The molecule has 2 unspecified atom stereocenters. The molecule has 0 saturated carbocycles. The highest BCUT2D eigenvalue weighted by Crippen LogP contribution is 2.24. The first kappa shape index (κ1) is 10.3. The molecule has 0 aliphatic carbocycles. The van der Waals surface area contributed by atoms with Gasteiger partial charge in [-0.2, -0.15) is 0 Å². The molecule has 0 saturated heterocycles. The lowest BCUT2D eigenvalue weighted by Crippen LogP contribution is -2.04. The summed E-state index contributed by atoms with van der Waals surface area (Å²) in [5, 5.41) is 0. The average molecular weight is 215 g/mol. The van der Waals surface area contributed by atoms with Gasteiger partial charge in [-0.3, -0.25) is 4.98 Å². The van der Waals surface area contributed by atoms with Crippen molar-refractivity contribution >= 4 is 9.24 Å². The van der Waals surface area contributed by atoms with E-state index in [1.54, 1.807) is 0 Å². The van der Waals surface area contributed by atoms with Crippen molar-refractivity contribution in [2.75, 3.05) is 6.16 Å². The van der Waals surface area contributed by atoms with Crippen LogP contribution in [0.4, 0.5) is 0 Å². The second-order valence-electron chi connectivity index (χ2n) is 3.45. The molecule has 0 amide bonds. The van der Waals surface area contributed by atoms with Crippen LogP contribution < -0.4 is 0 Å². The van der Waals surface area contributed by atoms with Gasteiger partial charge in [-0.05, 0) is 23.9 Å². The lowest BCUT2D eigenvalue weighted by Gasteiger charge is -2.14. The number of nitrogens with zero attached hydrogens (tertiary/aromatic N) is 1. The predicted molar refractivity (Wildman–Crippen MR) is 67.1 cm³/mol. The minimum atomic E-state index is 0.386. The van der Waals surface area contributed by atoms with E-state index in [4.69, 9.17) is 0 Å². The summed E-state index contributed by atoms with van der Waals surface area (Å²) in [5.41, 5.74) is 2.46. The first-order valence-corrected chi connectivity index (χ1v) is 5.89. The van der Waals surface area contributed by atoms with Crippen LogP contribution in [0.3, 0.4) is 0 Å². The topological polar surface area (TPSA) is 12.9 Å². The Labute approximate surface area is 92.8 Å². The van der Waals surface area contributed by atoms with Gasteiger partial charge in [0.05, 0.1) is 0 Å². The second-order valence-corrected chi connectivity index (χ2v) is 3.92. The van der Waals surface area contributed by atoms with Gasteiger partial charge >= 0.3 is 0 Å². The predicted octanol–water partition coefficient (Wildman–Crippen LogP) is 3.09. The van der Waals surface area contributed by atoms with Crippen LogP contribution in [-0.4, -0.2) is 11.1 Å². The molecule has 2 rings (SSSR count). The van der Waals surface area contributed by atoms with Gasteiger partial charge in [0.1, 0.15) is 0 Å². The van der Waals surface area contributed by atoms with Crippen LogP contribution >= 0.6 is 9.24 Å². The van der Waals surface area contributed by atoms with Gasteiger partial charge in [0.2, 0.25) is 0 Å². The Balaban J connectivity index is 2.34. The summed E-state index contributed by atoms with van der Waals surface area (Å²) in [6, 6.07) is 16.6. The highest BCUT2D eigenvalue weighted by atomic mass is 31.0. The molecule has 0 aliphatic heterocycles. The zero-order valence-electron chi connectivity index (χ0n) is 8.51. The van der Waals surface area contributed by atoms with Crippen LogP contribution in [0, 0.1) is 0 Å². The van der Waals surface area contributed by atoms with Crippen molar-refractivity contribution in [1.82, 2.24) is 4.98 Å². The Morgan fingerprint density at radius 3 is 2.33 bits per heavy atom. The van der Waals surface area contributed by atoms with E-state index in [0.717, 1.165) is 11.9 Å². The molecular weight excluding hydrogens is 201 g/mol. The van der Waals surface area contributed by atoms with Gasteiger partial charge < -0.3 is 0 Å². The van der Waals surface area contributed by atoms with Crippen molar-refractivity contribution in [2.45, 2.75) is 5.92 Å². The summed E-state index contributed by atoms with van der Waals surface area (Å²) >= 11 is 0. The van der Waals surface area contributed by atoms with E-state index in [2.05, 4.69) is 44.6 Å². The third-order valence-electron chi connectivity index (χ3n) is 2.48. The lowest BCUT2D eigenvalue weighted by atomic mass is 9.97. The maximum atomic E-state index is 4.41. The Morgan fingerprint density at radius 1 is 1.00 bits per heavy atom. The number of hydrogen-bond acceptors (Lipinski definition) is 1. The average Bonchev–Trinajstić information content (AvgIpc) is 2.33. The molecule has 1 aromatic carbocycles. The standard InChI is InChI=1S/C13H14NP/c15-10-12(11-6-2-1-3-7-11)13-8-4-5-9-14-13/h1-9,12H,10,15H2. The van der Waals surface area contributed by atoms with Gasteiger partial charge in [-0.25, -0.2) is 0 Å². The minimum Gasteiger partial charge on any atom is -0.261 e. The summed E-state index contributed by atoms with van der Waals surface area (Å²) < 4.78 is 0. The smallest absolute Gasteiger partial charge is 0.0481 e. The summed E-state index contributed by atoms with van der Waals surface area (Å²) in [7, 11) is 2.80. The van der Waals surface area contributed by atoms with Gasteiger partial charge in [-0.1, -0.05) is 36.4 Å². The van der Waals surface area contributed by atoms with Crippen LogP contribution in [0.5, 0.6) is 0 Å². The van der Waals surface area contributed by atoms with Crippen molar-refractivity contribution in [3.05, 3.63) is 66.0 Å². The van der Waals surface area contributed by atoms with Crippen molar-refractivity contribution in [1.29, 1.82) is 0 Å². The fourth-order valence-corrected chi connectivity index (χ4v) is 2.21. The maximum absolute atomic E-state index is 4.41. The Morgan fingerprint density at radius 2 is 1.73 bits per heavy atom. The van der Waals surface area contributed by atoms with E-state index in [0.29, 0.717) is 5.92 Å². The quantitative estimate of drug-likeness (QED) is 0.717. The number of hydrogen-bond donors (Lipinski definition) is 0. The molecule has 0 spiro atoms. The Kier molecular flexibility index (Phi) is 3.47. The fraction of sp³-hybridized carbons (Fsp3) is 0.154. The van der Waals surface area contributed by atoms with E-state index in [-0.39, 0.29) is 0 Å². The summed E-state index contributed by atoms with van der Waals surface area (Å²) in [6.07, 6.45) is 2.85. The maximum Gasteiger partial charge on any atom is 0.0481 e.